The molecule has 0 bridgehead atoms. The van der Waals surface area contributed by atoms with E-state index in [4.69, 9.17) is 0 Å². The summed E-state index contributed by atoms with van der Waals surface area (Å²) in [6.07, 6.45) is 3.24. The van der Waals surface area contributed by atoms with Gasteiger partial charge in [0.05, 0.1) is 18.4 Å². The fourth-order valence-corrected chi connectivity index (χ4v) is 4.86. The molecule has 0 spiro atoms. The largest absolute Gasteiger partial charge is 0.354 e. The number of fused-ring (bicyclic) bond motifs is 1. The van der Waals surface area contributed by atoms with E-state index in [1.807, 2.05) is 36.9 Å². The summed E-state index contributed by atoms with van der Waals surface area (Å²) in [6, 6.07) is 8.39. The molecule has 1 fully saturated rings. The summed E-state index contributed by atoms with van der Waals surface area (Å²) in [5.74, 6) is 0.573. The number of piperidine rings is 1. The van der Waals surface area contributed by atoms with E-state index in [1.165, 1.54) is 11.8 Å². The Balaban J connectivity index is 1.64. The van der Waals surface area contributed by atoms with Crippen molar-refractivity contribution in [3.05, 3.63) is 53.1 Å². The second-order valence-electron chi connectivity index (χ2n) is 9.57. The Morgan fingerprint density at radius 1 is 1.25 bits per heavy atom. The number of carbonyl (C=O) groups is 1. The first-order chi connectivity index (χ1) is 15.2. The van der Waals surface area contributed by atoms with Crippen molar-refractivity contribution in [2.45, 2.75) is 45.4 Å². The number of aryl methyl sites for hydroxylation is 1. The summed E-state index contributed by atoms with van der Waals surface area (Å²) in [4.78, 5) is 23.8. The Bertz CT molecular complexity index is 1130. The van der Waals surface area contributed by atoms with Gasteiger partial charge in [0.2, 0.25) is 5.91 Å². The van der Waals surface area contributed by atoms with Gasteiger partial charge in [-0.05, 0) is 75.0 Å². The van der Waals surface area contributed by atoms with Gasteiger partial charge in [0.15, 0.2) is 5.82 Å². The van der Waals surface area contributed by atoms with E-state index in [-0.39, 0.29) is 17.6 Å². The van der Waals surface area contributed by atoms with Gasteiger partial charge in [0.1, 0.15) is 0 Å². The monoisotopic (exact) mass is 436 g/mol. The predicted octanol–water partition coefficient (Wildman–Crippen LogP) is 5.07. The van der Waals surface area contributed by atoms with Crippen LogP contribution in [0.15, 0.2) is 30.5 Å². The summed E-state index contributed by atoms with van der Waals surface area (Å²) < 4.78 is 14.7. The second-order valence-corrected chi connectivity index (χ2v) is 9.57. The van der Waals surface area contributed by atoms with Crippen molar-refractivity contribution >= 4 is 16.8 Å². The summed E-state index contributed by atoms with van der Waals surface area (Å²) in [7, 11) is 3.85. The van der Waals surface area contributed by atoms with Crippen molar-refractivity contribution in [1.82, 2.24) is 19.8 Å². The Hall–Kier alpha value is -2.73. The Morgan fingerprint density at radius 2 is 1.97 bits per heavy atom. The highest BCUT2D eigenvalue weighted by atomic mass is 19.1. The van der Waals surface area contributed by atoms with Gasteiger partial charge in [-0.15, -0.1) is 0 Å². The summed E-state index contributed by atoms with van der Waals surface area (Å²) >= 11 is 0. The average Bonchev–Trinajstić information content (AvgIpc) is 3.13. The number of hydrogen-bond acceptors (Lipinski definition) is 3. The molecule has 6 heteroatoms. The molecule has 4 rings (SSSR count). The fraction of sp³-hybridized carbons (Fsp3) is 0.462. The van der Waals surface area contributed by atoms with Crippen LogP contribution in [-0.2, 0) is 4.79 Å². The van der Waals surface area contributed by atoms with Crippen molar-refractivity contribution in [3.8, 4) is 11.3 Å². The third-order valence-corrected chi connectivity index (χ3v) is 6.47. The Kier molecular flexibility index (Phi) is 6.33. The van der Waals surface area contributed by atoms with Gasteiger partial charge in [0, 0.05) is 35.2 Å². The molecule has 0 aliphatic carbocycles. The number of nitrogens with one attached hydrogen (secondary N) is 1. The molecule has 1 N–H and O–H groups in total. The van der Waals surface area contributed by atoms with Gasteiger partial charge < -0.3 is 14.8 Å². The predicted molar refractivity (Wildman–Crippen MR) is 127 cm³/mol. The van der Waals surface area contributed by atoms with Gasteiger partial charge in [-0.25, -0.2) is 4.39 Å². The van der Waals surface area contributed by atoms with Crippen LogP contribution in [0.3, 0.4) is 0 Å². The van der Waals surface area contributed by atoms with Crippen molar-refractivity contribution in [1.29, 1.82) is 0 Å². The number of aromatic nitrogens is 2. The molecule has 1 amide bonds. The molecular formula is C26H33FN4O. The van der Waals surface area contributed by atoms with Crippen LogP contribution in [0.1, 0.15) is 55.3 Å². The number of aromatic amines is 1. The third kappa shape index (κ3) is 4.42. The van der Waals surface area contributed by atoms with E-state index in [0.717, 1.165) is 53.8 Å². The number of halogens is 1. The lowest BCUT2D eigenvalue weighted by atomic mass is 9.87. The van der Waals surface area contributed by atoms with Crippen molar-refractivity contribution in [2.75, 3.05) is 33.7 Å². The molecular weight excluding hydrogens is 403 g/mol. The van der Waals surface area contributed by atoms with Gasteiger partial charge in [-0.3, -0.25) is 9.78 Å². The van der Waals surface area contributed by atoms with Crippen LogP contribution in [0.4, 0.5) is 4.39 Å². The maximum Gasteiger partial charge on any atom is 0.236 e. The molecule has 1 saturated heterocycles. The zero-order valence-electron chi connectivity index (χ0n) is 19.7. The molecule has 1 aliphatic heterocycles. The van der Waals surface area contributed by atoms with Gasteiger partial charge in [-0.2, -0.15) is 0 Å². The summed E-state index contributed by atoms with van der Waals surface area (Å²) in [5, 5.41) is 1.16. The molecule has 1 aromatic carbocycles. The quantitative estimate of drug-likeness (QED) is 0.608. The van der Waals surface area contributed by atoms with E-state index in [2.05, 4.69) is 42.0 Å². The highest BCUT2D eigenvalue weighted by molar-refractivity contribution is 5.92. The molecule has 32 heavy (non-hydrogen) atoms. The first kappa shape index (κ1) is 22.5. The van der Waals surface area contributed by atoms with Crippen molar-refractivity contribution < 1.29 is 9.18 Å². The fourth-order valence-electron chi connectivity index (χ4n) is 4.86. The highest BCUT2D eigenvalue weighted by Crippen LogP contribution is 2.39. The molecule has 2 aromatic heterocycles. The minimum absolute atomic E-state index is 0.205. The molecule has 0 atom stereocenters. The van der Waals surface area contributed by atoms with Crippen LogP contribution in [0.5, 0.6) is 0 Å². The molecule has 5 nitrogen and oxygen atoms in total. The minimum atomic E-state index is -0.306. The van der Waals surface area contributed by atoms with Crippen LogP contribution >= 0.6 is 0 Å². The van der Waals surface area contributed by atoms with Crippen LogP contribution in [-0.4, -0.2) is 59.4 Å². The second kappa shape index (κ2) is 9.02. The number of rotatable bonds is 5. The molecule has 0 unspecified atom stereocenters. The first-order valence-corrected chi connectivity index (χ1v) is 11.4. The maximum absolute atomic E-state index is 14.7. The lowest BCUT2D eigenvalue weighted by molar-refractivity contribution is -0.132. The lowest BCUT2D eigenvalue weighted by Gasteiger charge is -2.33. The number of nitrogens with zero attached hydrogens (tertiary/aromatic N) is 3. The van der Waals surface area contributed by atoms with Crippen molar-refractivity contribution in [2.24, 2.45) is 0 Å². The molecule has 0 radical (unpaired) electrons. The van der Waals surface area contributed by atoms with E-state index >= 15 is 0 Å². The van der Waals surface area contributed by atoms with Crippen LogP contribution in [0.2, 0.25) is 0 Å². The smallest absolute Gasteiger partial charge is 0.236 e. The molecule has 1 aliphatic rings. The summed E-state index contributed by atoms with van der Waals surface area (Å²) in [5.41, 5.74) is 5.69. The number of amides is 1. The number of benzene rings is 1. The van der Waals surface area contributed by atoms with E-state index < -0.39 is 0 Å². The number of pyridine rings is 1. The van der Waals surface area contributed by atoms with Crippen LogP contribution in [0, 0.1) is 12.7 Å². The summed E-state index contributed by atoms with van der Waals surface area (Å²) in [6.45, 7) is 8.25. The minimum Gasteiger partial charge on any atom is -0.354 e. The van der Waals surface area contributed by atoms with Gasteiger partial charge >= 0.3 is 0 Å². The van der Waals surface area contributed by atoms with Gasteiger partial charge in [-0.1, -0.05) is 19.9 Å². The number of hydrogen-bond donors (Lipinski definition) is 1. The topological polar surface area (TPSA) is 52.2 Å². The lowest BCUT2D eigenvalue weighted by Crippen LogP contribution is -2.42. The zero-order valence-corrected chi connectivity index (χ0v) is 19.7. The average molecular weight is 437 g/mol. The van der Waals surface area contributed by atoms with Crippen molar-refractivity contribution in [3.63, 3.8) is 0 Å². The van der Waals surface area contributed by atoms with E-state index in [1.54, 1.807) is 0 Å². The number of carbonyl (C=O) groups excluding carboxylic acids is 1. The normalized spacial score (nSPS) is 15.3. The maximum atomic E-state index is 14.7. The Morgan fingerprint density at radius 3 is 2.62 bits per heavy atom. The number of H-pyrrole nitrogens is 1. The number of likely N-dealkylation sites (N-methyl/N-ethyl adjacent to an activating group) is 1. The molecule has 3 heterocycles. The molecule has 170 valence electrons. The zero-order chi connectivity index (χ0) is 23.0. The van der Waals surface area contributed by atoms with Gasteiger partial charge in [0.25, 0.3) is 0 Å². The molecule has 0 saturated carbocycles. The van der Waals surface area contributed by atoms with E-state index in [0.29, 0.717) is 18.0 Å². The standard InChI is InChI=1S/C26H33FN4O/c1-16(2)25-21-13-19(18-8-10-31(11-9-18)24(32)15-30(4)5)6-7-23(21)29-26(25)20-12-17(3)28-14-22(20)27/h6-7,12-14,16,18,29H,8-11,15H2,1-5H3. The Labute approximate surface area is 189 Å². The van der Waals surface area contributed by atoms with Crippen LogP contribution < -0.4 is 0 Å². The molecule has 3 aromatic rings. The highest BCUT2D eigenvalue weighted by Gasteiger charge is 2.25. The first-order valence-electron chi connectivity index (χ1n) is 11.4. The SMILES string of the molecule is Cc1cc(-c2[nH]c3ccc(C4CCN(C(=O)CN(C)C)CC4)cc3c2C(C)C)c(F)cn1. The van der Waals surface area contributed by atoms with E-state index in [9.17, 15) is 9.18 Å². The third-order valence-electron chi connectivity index (χ3n) is 6.47. The number of likely N-dealkylation sites (tertiary alicyclic amines) is 1. The van der Waals surface area contributed by atoms with Crippen LogP contribution in [0.25, 0.3) is 22.2 Å².